The minimum absolute atomic E-state index is 0.00112. The van der Waals surface area contributed by atoms with Gasteiger partial charge in [-0.1, -0.05) is 13.8 Å². The Labute approximate surface area is 85.7 Å². The van der Waals surface area contributed by atoms with Gasteiger partial charge < -0.3 is 5.11 Å². The second-order valence-corrected chi connectivity index (χ2v) is 5.85. The van der Waals surface area contributed by atoms with Gasteiger partial charge in [0.1, 0.15) is 0 Å². The highest BCUT2D eigenvalue weighted by Crippen LogP contribution is 2.52. The Morgan fingerprint density at radius 2 is 1.86 bits per heavy atom. The molecule has 2 rings (SSSR count). The number of hydrogen-bond donors (Lipinski definition) is 1. The van der Waals surface area contributed by atoms with Crippen molar-refractivity contribution in [3.05, 3.63) is 0 Å². The molecule has 0 spiro atoms. The van der Waals surface area contributed by atoms with E-state index in [-0.39, 0.29) is 5.92 Å². The Morgan fingerprint density at radius 1 is 1.29 bits per heavy atom. The smallest absolute Gasteiger partial charge is 0.306 e. The molecule has 2 fully saturated rings. The molecule has 0 saturated heterocycles. The van der Waals surface area contributed by atoms with Crippen LogP contribution in [0.25, 0.3) is 0 Å². The van der Waals surface area contributed by atoms with Crippen molar-refractivity contribution in [2.24, 2.45) is 23.2 Å². The molecule has 2 saturated carbocycles. The lowest BCUT2D eigenvalue weighted by Crippen LogP contribution is -2.23. The van der Waals surface area contributed by atoms with E-state index in [1.807, 2.05) is 0 Å². The molecule has 2 aliphatic rings. The van der Waals surface area contributed by atoms with Crippen LogP contribution in [0.5, 0.6) is 0 Å². The molecule has 2 nitrogen and oxygen atoms in total. The van der Waals surface area contributed by atoms with Crippen molar-refractivity contribution >= 4 is 5.97 Å². The van der Waals surface area contributed by atoms with Gasteiger partial charge in [-0.05, 0) is 49.4 Å². The van der Waals surface area contributed by atoms with Crippen molar-refractivity contribution in [1.29, 1.82) is 0 Å². The van der Waals surface area contributed by atoms with Crippen LogP contribution in [-0.2, 0) is 4.79 Å². The van der Waals surface area contributed by atoms with Crippen LogP contribution in [0.1, 0.15) is 46.0 Å². The highest BCUT2D eigenvalue weighted by Gasteiger charge is 2.48. The van der Waals surface area contributed by atoms with E-state index in [4.69, 9.17) is 5.11 Å². The first kappa shape index (κ1) is 10.0. The molecular formula is C12H20O2. The summed E-state index contributed by atoms with van der Waals surface area (Å²) in [7, 11) is 0. The second kappa shape index (κ2) is 3.25. The third-order valence-electron chi connectivity index (χ3n) is 4.15. The molecule has 0 aliphatic heterocycles. The zero-order chi connectivity index (χ0) is 10.3. The van der Waals surface area contributed by atoms with E-state index in [9.17, 15) is 4.79 Å². The van der Waals surface area contributed by atoms with Crippen LogP contribution >= 0.6 is 0 Å². The molecule has 14 heavy (non-hydrogen) atoms. The molecule has 0 heterocycles. The quantitative estimate of drug-likeness (QED) is 0.737. The molecule has 1 N–H and O–H groups in total. The fourth-order valence-corrected chi connectivity index (χ4v) is 2.87. The fraction of sp³-hybridized carbons (Fsp3) is 0.917. The summed E-state index contributed by atoms with van der Waals surface area (Å²) in [5.74, 6) is 0.661. The van der Waals surface area contributed by atoms with Gasteiger partial charge >= 0.3 is 5.97 Å². The topological polar surface area (TPSA) is 37.3 Å². The summed E-state index contributed by atoms with van der Waals surface area (Å²) in [5.41, 5.74) is 0.504. The number of rotatable bonds is 2. The maximum atomic E-state index is 10.7. The number of hydrogen-bond acceptors (Lipinski definition) is 1. The molecule has 2 heteroatoms. The minimum atomic E-state index is -0.570. The predicted molar refractivity (Wildman–Crippen MR) is 55.0 cm³/mol. The zero-order valence-corrected chi connectivity index (χ0v) is 9.12. The number of carbonyl (C=O) groups is 1. The molecule has 0 aromatic rings. The zero-order valence-electron chi connectivity index (χ0n) is 9.12. The van der Waals surface area contributed by atoms with Crippen LogP contribution in [0.2, 0.25) is 0 Å². The number of carboxylic acid groups (broad SMARTS) is 1. The van der Waals surface area contributed by atoms with Gasteiger partial charge in [-0.3, -0.25) is 4.79 Å². The lowest BCUT2D eigenvalue weighted by atomic mass is 9.71. The molecule has 0 unspecified atom stereocenters. The standard InChI is InChI=1S/C12H20O2/c1-12(2)5-3-8(4-6-12)9-7-10(9)11(13)14/h8-10H,3-7H2,1-2H3,(H,13,14)/t9-,10+/m0/s1. The first-order valence-electron chi connectivity index (χ1n) is 5.72. The molecule has 0 aromatic heterocycles. The Balaban J connectivity index is 1.83. The molecule has 2 aliphatic carbocycles. The van der Waals surface area contributed by atoms with Crippen LogP contribution < -0.4 is 0 Å². The van der Waals surface area contributed by atoms with Crippen LogP contribution in [-0.4, -0.2) is 11.1 Å². The first-order chi connectivity index (χ1) is 6.49. The Kier molecular flexibility index (Phi) is 2.32. The number of carboxylic acids is 1. The van der Waals surface area contributed by atoms with Crippen molar-refractivity contribution in [2.45, 2.75) is 46.0 Å². The van der Waals surface area contributed by atoms with Crippen molar-refractivity contribution in [2.75, 3.05) is 0 Å². The summed E-state index contributed by atoms with van der Waals surface area (Å²) in [5, 5.41) is 8.86. The van der Waals surface area contributed by atoms with Gasteiger partial charge in [0, 0.05) is 0 Å². The minimum Gasteiger partial charge on any atom is -0.481 e. The largest absolute Gasteiger partial charge is 0.481 e. The van der Waals surface area contributed by atoms with Crippen molar-refractivity contribution in [3.63, 3.8) is 0 Å². The Hall–Kier alpha value is -0.530. The summed E-state index contributed by atoms with van der Waals surface area (Å²) in [6, 6.07) is 0. The predicted octanol–water partition coefficient (Wildman–Crippen LogP) is 2.92. The van der Waals surface area contributed by atoms with Gasteiger partial charge in [-0.2, -0.15) is 0 Å². The van der Waals surface area contributed by atoms with Crippen molar-refractivity contribution in [3.8, 4) is 0 Å². The fourth-order valence-electron chi connectivity index (χ4n) is 2.87. The van der Waals surface area contributed by atoms with Gasteiger partial charge in [-0.25, -0.2) is 0 Å². The maximum Gasteiger partial charge on any atom is 0.306 e. The monoisotopic (exact) mass is 196 g/mol. The summed E-state index contributed by atoms with van der Waals surface area (Å²) >= 11 is 0. The third-order valence-corrected chi connectivity index (χ3v) is 4.15. The summed E-state index contributed by atoms with van der Waals surface area (Å²) in [4.78, 5) is 10.7. The van der Waals surface area contributed by atoms with E-state index >= 15 is 0 Å². The molecule has 0 radical (unpaired) electrons. The SMILES string of the molecule is CC1(C)CCC([C@@H]2C[C@H]2C(=O)O)CC1. The van der Waals surface area contributed by atoms with Gasteiger partial charge in [0.05, 0.1) is 5.92 Å². The van der Waals surface area contributed by atoms with Gasteiger partial charge in [0.15, 0.2) is 0 Å². The summed E-state index contributed by atoms with van der Waals surface area (Å²) < 4.78 is 0. The van der Waals surface area contributed by atoms with E-state index < -0.39 is 5.97 Å². The average molecular weight is 196 g/mol. The Morgan fingerprint density at radius 3 is 2.29 bits per heavy atom. The summed E-state index contributed by atoms with van der Waals surface area (Å²) in [6.45, 7) is 4.65. The van der Waals surface area contributed by atoms with E-state index in [1.54, 1.807) is 0 Å². The molecule has 0 aromatic carbocycles. The summed E-state index contributed by atoms with van der Waals surface area (Å²) in [6.07, 6.45) is 6.00. The lowest BCUT2D eigenvalue weighted by molar-refractivity contribution is -0.139. The molecule has 0 bridgehead atoms. The highest BCUT2D eigenvalue weighted by molar-refractivity contribution is 5.73. The molecular weight excluding hydrogens is 176 g/mol. The lowest BCUT2D eigenvalue weighted by Gasteiger charge is -2.34. The third kappa shape index (κ3) is 1.94. The van der Waals surface area contributed by atoms with Crippen LogP contribution in [0.3, 0.4) is 0 Å². The van der Waals surface area contributed by atoms with Crippen LogP contribution in [0, 0.1) is 23.2 Å². The van der Waals surface area contributed by atoms with Gasteiger partial charge in [0.25, 0.3) is 0 Å². The highest BCUT2D eigenvalue weighted by atomic mass is 16.4. The van der Waals surface area contributed by atoms with Gasteiger partial charge in [0.2, 0.25) is 0 Å². The maximum absolute atomic E-state index is 10.7. The van der Waals surface area contributed by atoms with Crippen molar-refractivity contribution < 1.29 is 9.90 Å². The number of aliphatic carboxylic acids is 1. The van der Waals surface area contributed by atoms with Crippen LogP contribution in [0.15, 0.2) is 0 Å². The van der Waals surface area contributed by atoms with E-state index in [1.165, 1.54) is 25.7 Å². The van der Waals surface area contributed by atoms with Crippen LogP contribution in [0.4, 0.5) is 0 Å². The van der Waals surface area contributed by atoms with Gasteiger partial charge in [-0.15, -0.1) is 0 Å². The van der Waals surface area contributed by atoms with E-state index in [2.05, 4.69) is 13.8 Å². The second-order valence-electron chi connectivity index (χ2n) is 5.85. The van der Waals surface area contributed by atoms with Crippen molar-refractivity contribution in [1.82, 2.24) is 0 Å². The molecule has 80 valence electrons. The normalized spacial score (nSPS) is 36.7. The molecule has 0 amide bonds. The first-order valence-corrected chi connectivity index (χ1v) is 5.72. The molecule has 2 atom stereocenters. The van der Waals surface area contributed by atoms with E-state index in [0.717, 1.165) is 6.42 Å². The van der Waals surface area contributed by atoms with E-state index in [0.29, 0.717) is 17.3 Å². The average Bonchev–Trinajstić information content (AvgIpc) is 2.83. The Bertz CT molecular complexity index is 235.